The SMILES string of the molecule is COc1cccc(CN(C(=O)CN(c2ccccc2OC)S(C)(=O)=O)[C@@H](Cc2ccccc2)C(=O)NC2CCCC2)c1. The molecule has 0 saturated heterocycles. The third kappa shape index (κ3) is 8.03. The first-order valence-corrected chi connectivity index (χ1v) is 15.9. The van der Waals surface area contributed by atoms with Gasteiger partial charge in [0, 0.05) is 19.0 Å². The Balaban J connectivity index is 1.75. The maximum absolute atomic E-state index is 14.3. The van der Waals surface area contributed by atoms with Crippen LogP contribution in [0.3, 0.4) is 0 Å². The highest BCUT2D eigenvalue weighted by Gasteiger charge is 2.34. The van der Waals surface area contributed by atoms with Gasteiger partial charge in [-0.3, -0.25) is 13.9 Å². The second-order valence-corrected chi connectivity index (χ2v) is 12.4. The Labute approximate surface area is 248 Å². The Hall–Kier alpha value is -4.05. The van der Waals surface area contributed by atoms with Crippen molar-refractivity contribution in [2.45, 2.75) is 50.7 Å². The number of para-hydroxylation sites is 2. The van der Waals surface area contributed by atoms with E-state index >= 15 is 0 Å². The predicted octanol–water partition coefficient (Wildman–Crippen LogP) is 4.17. The van der Waals surface area contributed by atoms with Gasteiger partial charge in [0.2, 0.25) is 21.8 Å². The minimum atomic E-state index is -3.90. The summed E-state index contributed by atoms with van der Waals surface area (Å²) in [6.45, 7) is -0.430. The molecule has 0 aliphatic heterocycles. The Bertz CT molecular complexity index is 1460. The van der Waals surface area contributed by atoms with Crippen molar-refractivity contribution in [2.24, 2.45) is 0 Å². The van der Waals surface area contributed by atoms with E-state index in [0.717, 1.165) is 47.4 Å². The topological polar surface area (TPSA) is 105 Å². The van der Waals surface area contributed by atoms with Gasteiger partial charge in [0.15, 0.2) is 0 Å². The number of nitrogens with one attached hydrogen (secondary N) is 1. The zero-order valence-electron chi connectivity index (χ0n) is 24.4. The van der Waals surface area contributed by atoms with Crippen molar-refractivity contribution in [2.75, 3.05) is 31.3 Å². The van der Waals surface area contributed by atoms with Gasteiger partial charge in [-0.1, -0.05) is 67.4 Å². The molecule has 0 heterocycles. The molecule has 224 valence electrons. The van der Waals surface area contributed by atoms with Crippen molar-refractivity contribution >= 4 is 27.5 Å². The molecule has 0 bridgehead atoms. The molecule has 9 nitrogen and oxygen atoms in total. The summed E-state index contributed by atoms with van der Waals surface area (Å²) >= 11 is 0. The first-order chi connectivity index (χ1) is 20.2. The molecule has 10 heteroatoms. The summed E-state index contributed by atoms with van der Waals surface area (Å²) in [5.74, 6) is 0.151. The number of carbonyl (C=O) groups excluding carboxylic acids is 2. The van der Waals surface area contributed by atoms with Crippen molar-refractivity contribution in [1.29, 1.82) is 0 Å². The molecular weight excluding hydrogens is 554 g/mol. The third-order valence-electron chi connectivity index (χ3n) is 7.49. The quantitative estimate of drug-likeness (QED) is 0.319. The molecule has 1 atom stereocenters. The molecule has 0 radical (unpaired) electrons. The van der Waals surface area contributed by atoms with Gasteiger partial charge in [0.05, 0.1) is 26.2 Å². The molecule has 0 aromatic heterocycles. The van der Waals surface area contributed by atoms with E-state index in [1.165, 1.54) is 12.0 Å². The smallest absolute Gasteiger partial charge is 0.244 e. The van der Waals surface area contributed by atoms with Gasteiger partial charge >= 0.3 is 0 Å². The van der Waals surface area contributed by atoms with Gasteiger partial charge in [-0.2, -0.15) is 0 Å². The van der Waals surface area contributed by atoms with E-state index in [0.29, 0.717) is 11.5 Å². The average molecular weight is 594 g/mol. The maximum Gasteiger partial charge on any atom is 0.244 e. The van der Waals surface area contributed by atoms with Crippen molar-refractivity contribution in [3.8, 4) is 11.5 Å². The van der Waals surface area contributed by atoms with Gasteiger partial charge in [-0.05, 0) is 48.2 Å². The summed E-state index contributed by atoms with van der Waals surface area (Å²) in [4.78, 5) is 29.7. The summed E-state index contributed by atoms with van der Waals surface area (Å²) in [7, 11) is -0.895. The Morgan fingerprint density at radius 2 is 1.57 bits per heavy atom. The van der Waals surface area contributed by atoms with Crippen molar-refractivity contribution in [1.82, 2.24) is 10.2 Å². The lowest BCUT2D eigenvalue weighted by molar-refractivity contribution is -0.140. The van der Waals surface area contributed by atoms with E-state index in [9.17, 15) is 18.0 Å². The highest BCUT2D eigenvalue weighted by molar-refractivity contribution is 7.92. The Kier molecular flexibility index (Phi) is 10.5. The summed E-state index contributed by atoms with van der Waals surface area (Å²) in [5.41, 5.74) is 1.88. The van der Waals surface area contributed by atoms with E-state index in [1.807, 2.05) is 48.5 Å². The lowest BCUT2D eigenvalue weighted by Gasteiger charge is -2.34. The molecule has 42 heavy (non-hydrogen) atoms. The highest BCUT2D eigenvalue weighted by Crippen LogP contribution is 2.30. The van der Waals surface area contributed by atoms with Crippen LogP contribution < -0.4 is 19.1 Å². The largest absolute Gasteiger partial charge is 0.497 e. The van der Waals surface area contributed by atoms with Gasteiger partial charge in [-0.25, -0.2) is 8.42 Å². The van der Waals surface area contributed by atoms with Crippen molar-refractivity contribution in [3.63, 3.8) is 0 Å². The van der Waals surface area contributed by atoms with Crippen LogP contribution in [0.1, 0.15) is 36.8 Å². The number of amides is 2. The van der Waals surface area contributed by atoms with E-state index in [1.54, 1.807) is 37.4 Å². The maximum atomic E-state index is 14.3. The standard InChI is InChI=1S/C32H39N3O6S/c1-40-27-17-11-14-25(20-27)22-34(31(36)23-35(42(3,38)39)28-18-9-10-19-30(28)41-2)29(21-24-12-5-4-6-13-24)32(37)33-26-15-7-8-16-26/h4-6,9-14,17-20,26,29H,7-8,15-16,21-23H2,1-3H3,(H,33,37)/t29-/m0/s1. The lowest BCUT2D eigenvalue weighted by atomic mass is 10.0. The highest BCUT2D eigenvalue weighted by atomic mass is 32.2. The Morgan fingerprint density at radius 3 is 2.24 bits per heavy atom. The number of nitrogens with zero attached hydrogens (tertiary/aromatic N) is 2. The molecule has 4 rings (SSSR count). The summed E-state index contributed by atoms with van der Waals surface area (Å²) in [6, 6.07) is 22.6. The van der Waals surface area contributed by atoms with Crippen LogP contribution in [0.4, 0.5) is 5.69 Å². The number of hydrogen-bond donors (Lipinski definition) is 1. The van der Waals surface area contributed by atoms with Crippen LogP contribution in [-0.4, -0.2) is 64.2 Å². The number of methoxy groups -OCH3 is 2. The number of rotatable bonds is 13. The first kappa shape index (κ1) is 30.9. The van der Waals surface area contributed by atoms with Gasteiger partial charge in [0.1, 0.15) is 24.1 Å². The number of sulfonamides is 1. The van der Waals surface area contributed by atoms with Crippen LogP contribution in [0, 0.1) is 0 Å². The zero-order valence-corrected chi connectivity index (χ0v) is 25.2. The van der Waals surface area contributed by atoms with Gasteiger partial charge < -0.3 is 19.7 Å². The monoisotopic (exact) mass is 593 g/mol. The average Bonchev–Trinajstić information content (AvgIpc) is 3.50. The summed E-state index contributed by atoms with van der Waals surface area (Å²) in [5, 5.41) is 3.17. The van der Waals surface area contributed by atoms with Crippen molar-refractivity contribution < 1.29 is 27.5 Å². The zero-order chi connectivity index (χ0) is 30.1. The van der Waals surface area contributed by atoms with Gasteiger partial charge in [0.25, 0.3) is 0 Å². The molecule has 1 saturated carbocycles. The van der Waals surface area contributed by atoms with Crippen LogP contribution in [0.2, 0.25) is 0 Å². The molecule has 3 aromatic rings. The molecular formula is C32H39N3O6S. The molecule has 1 aliphatic carbocycles. The molecule has 1 fully saturated rings. The van der Waals surface area contributed by atoms with Gasteiger partial charge in [-0.15, -0.1) is 0 Å². The van der Waals surface area contributed by atoms with Crippen LogP contribution >= 0.6 is 0 Å². The molecule has 2 amide bonds. The van der Waals surface area contributed by atoms with E-state index < -0.39 is 28.5 Å². The molecule has 0 unspecified atom stereocenters. The summed E-state index contributed by atoms with van der Waals surface area (Å²) in [6.07, 6.45) is 5.19. The van der Waals surface area contributed by atoms with Crippen LogP contribution in [0.5, 0.6) is 11.5 Å². The van der Waals surface area contributed by atoms with E-state index in [-0.39, 0.29) is 30.6 Å². The van der Waals surface area contributed by atoms with Crippen LogP contribution in [0.25, 0.3) is 0 Å². The number of hydrogen-bond acceptors (Lipinski definition) is 6. The minimum absolute atomic E-state index is 0.0469. The molecule has 0 spiro atoms. The van der Waals surface area contributed by atoms with Crippen LogP contribution in [-0.2, 0) is 32.6 Å². The fourth-order valence-electron chi connectivity index (χ4n) is 5.32. The Morgan fingerprint density at radius 1 is 0.905 bits per heavy atom. The fraction of sp³-hybridized carbons (Fsp3) is 0.375. The van der Waals surface area contributed by atoms with E-state index in [2.05, 4.69) is 5.32 Å². The second kappa shape index (κ2) is 14.2. The van der Waals surface area contributed by atoms with Crippen LogP contribution in [0.15, 0.2) is 78.9 Å². The minimum Gasteiger partial charge on any atom is -0.497 e. The second-order valence-electron chi connectivity index (χ2n) is 10.5. The molecule has 1 N–H and O–H groups in total. The fourth-order valence-corrected chi connectivity index (χ4v) is 6.17. The van der Waals surface area contributed by atoms with E-state index in [4.69, 9.17) is 9.47 Å². The summed E-state index contributed by atoms with van der Waals surface area (Å²) < 4.78 is 37.9. The normalized spacial score (nSPS) is 14.2. The number of carbonyl (C=O) groups is 2. The number of ether oxygens (including phenoxy) is 2. The molecule has 3 aromatic carbocycles. The first-order valence-electron chi connectivity index (χ1n) is 14.1. The molecule has 1 aliphatic rings. The van der Waals surface area contributed by atoms with Crippen molar-refractivity contribution in [3.05, 3.63) is 90.0 Å². The third-order valence-corrected chi connectivity index (χ3v) is 8.62. The number of anilines is 1. The number of benzene rings is 3. The predicted molar refractivity (Wildman–Crippen MR) is 163 cm³/mol. The lowest BCUT2D eigenvalue weighted by Crippen LogP contribution is -2.54.